The van der Waals surface area contributed by atoms with E-state index in [-0.39, 0.29) is 17.2 Å². The van der Waals surface area contributed by atoms with E-state index in [2.05, 4.69) is 27.9 Å². The van der Waals surface area contributed by atoms with Gasteiger partial charge in [0.15, 0.2) is 23.2 Å². The number of amides is 2. The minimum atomic E-state index is -6.17. The molecule has 0 spiro atoms. The number of hydrogen-bond donors (Lipinski definition) is 8. The number of nitrogens with zero attached hydrogens (tertiary/aromatic N) is 5. The van der Waals surface area contributed by atoms with Gasteiger partial charge in [0.1, 0.15) is 24.6 Å². The molecule has 0 saturated carbocycles. The number of carbonyl (C=O) groups is 2. The Morgan fingerprint density at radius 2 is 1.53 bits per heavy atom. The summed E-state index contributed by atoms with van der Waals surface area (Å²) >= 11 is 0. The van der Waals surface area contributed by atoms with Crippen molar-refractivity contribution in [2.24, 2.45) is 0 Å². The lowest BCUT2D eigenvalue weighted by atomic mass is 10.1. The average molecular weight is 703 g/mol. The molecule has 2 aromatic rings. The Kier molecular flexibility index (Phi) is 10.6. The van der Waals surface area contributed by atoms with Gasteiger partial charge in [0.25, 0.3) is 0 Å². The molecule has 1 saturated heterocycles. The maximum absolute atomic E-state index is 12.5. The molecule has 7 atom stereocenters. The van der Waals surface area contributed by atoms with E-state index in [1.54, 1.807) is 0 Å². The van der Waals surface area contributed by atoms with Crippen LogP contribution in [-0.4, -0.2) is 103 Å². The van der Waals surface area contributed by atoms with Crippen LogP contribution < -0.4 is 4.90 Å². The summed E-state index contributed by atoms with van der Waals surface area (Å²) < 4.78 is 74.0. The van der Waals surface area contributed by atoms with Gasteiger partial charge in [-0.15, -0.1) is 0 Å². The van der Waals surface area contributed by atoms with Gasteiger partial charge in [0, 0.05) is 6.61 Å². The zero-order chi connectivity index (χ0) is 32.5. The van der Waals surface area contributed by atoms with Crippen LogP contribution >= 0.6 is 31.3 Å². The number of hydrogen-bond acceptors (Lipinski definition) is 16. The number of imidazole rings is 1. The largest absolute Gasteiger partial charge is 0.490 e. The Labute approximate surface area is 237 Å². The van der Waals surface area contributed by atoms with Crippen LogP contribution in [0.25, 0.3) is 11.2 Å². The lowest BCUT2D eigenvalue weighted by molar-refractivity contribution is -0.0634. The Morgan fingerprint density at radius 3 is 2.09 bits per heavy atom. The number of imide groups is 1. The highest BCUT2D eigenvalue weighted by Gasteiger charge is 2.52. The standard InChI is InChI=1S/C14H21N5O20P4/c1-2-34-3-6-9(36-41(28,29)38-43(32,33)39-42(30,31)37-40(25,26)27)8(20)12(35-6)18-5-17-7-10(18)15-4-16-11(7)19(13(21)22)14(23)24/h4-6,8-9,12,20H,2-3H2,1H3,(H,21,22)(H,23,24)(H,28,29)(H,30,31)(H,32,33)(H2,25,26,27)/t6-,8-,9-,12-/m1/s1. The van der Waals surface area contributed by atoms with Crippen molar-refractivity contribution in [3.8, 4) is 0 Å². The van der Waals surface area contributed by atoms with Crippen LogP contribution in [0.3, 0.4) is 0 Å². The molecule has 25 nitrogen and oxygen atoms in total. The topological polar surface area (TPSA) is 366 Å². The van der Waals surface area contributed by atoms with Crippen molar-refractivity contribution in [1.29, 1.82) is 0 Å². The maximum Gasteiger partial charge on any atom is 0.490 e. The highest BCUT2D eigenvalue weighted by Crippen LogP contribution is 2.71. The van der Waals surface area contributed by atoms with E-state index in [0.29, 0.717) is 0 Å². The molecule has 0 aliphatic carbocycles. The van der Waals surface area contributed by atoms with Gasteiger partial charge in [-0.1, -0.05) is 0 Å². The third kappa shape index (κ3) is 8.90. The third-order valence-corrected chi connectivity index (χ3v) is 10.4. The summed E-state index contributed by atoms with van der Waals surface area (Å²) in [5, 5.41) is 29.4. The summed E-state index contributed by atoms with van der Waals surface area (Å²) in [6, 6.07) is 0. The Bertz CT molecular complexity index is 1550. The van der Waals surface area contributed by atoms with E-state index < -0.39 is 86.0 Å². The van der Waals surface area contributed by atoms with Crippen LogP contribution in [0.2, 0.25) is 0 Å². The van der Waals surface area contributed by atoms with Crippen molar-refractivity contribution in [2.45, 2.75) is 31.5 Å². The van der Waals surface area contributed by atoms with E-state index in [9.17, 15) is 57.8 Å². The molecule has 2 amide bonds. The summed E-state index contributed by atoms with van der Waals surface area (Å²) in [6.45, 7) is 1.10. The van der Waals surface area contributed by atoms with E-state index >= 15 is 0 Å². The van der Waals surface area contributed by atoms with Crippen LogP contribution in [0.15, 0.2) is 12.7 Å². The Hall–Kier alpha value is -2.27. The first-order valence-electron chi connectivity index (χ1n) is 10.9. The second-order valence-electron chi connectivity index (χ2n) is 7.85. The molecule has 3 unspecified atom stereocenters. The molecule has 3 heterocycles. The number of aromatic nitrogens is 4. The molecule has 3 rings (SSSR count). The van der Waals surface area contributed by atoms with Crippen molar-refractivity contribution < 1.29 is 94.6 Å². The first kappa shape index (κ1) is 35.2. The van der Waals surface area contributed by atoms with Gasteiger partial charge in [-0.3, -0.25) is 9.09 Å². The maximum atomic E-state index is 12.5. The number of phosphoric acid groups is 4. The van der Waals surface area contributed by atoms with Crippen LogP contribution in [0.5, 0.6) is 0 Å². The van der Waals surface area contributed by atoms with Crippen molar-refractivity contribution in [3.05, 3.63) is 12.7 Å². The monoisotopic (exact) mass is 703 g/mol. The van der Waals surface area contributed by atoms with E-state index in [1.165, 1.54) is 6.92 Å². The number of carboxylic acid groups (broad SMARTS) is 2. The molecular formula is C14H21N5O20P4. The minimum absolute atomic E-state index is 0.0382. The zero-order valence-corrected chi connectivity index (χ0v) is 24.5. The SMILES string of the molecule is CCOC[C@H]1O[C@@H](n2cnc3c(N(C(=O)O)C(=O)O)ncnc32)[C@H](O)[C@@H]1OP(=O)(O)OP(=O)(O)OP(=O)(O)OP(=O)(O)O. The van der Waals surface area contributed by atoms with Gasteiger partial charge in [-0.25, -0.2) is 42.8 Å². The van der Waals surface area contributed by atoms with Crippen LogP contribution in [-0.2, 0) is 45.2 Å². The summed E-state index contributed by atoms with van der Waals surface area (Å²) in [5.41, 5.74) is -0.716. The van der Waals surface area contributed by atoms with Crippen molar-refractivity contribution in [1.82, 2.24) is 19.5 Å². The number of ether oxygens (including phenoxy) is 2. The third-order valence-electron chi connectivity index (χ3n) is 4.88. The predicted molar refractivity (Wildman–Crippen MR) is 130 cm³/mol. The normalized spacial score (nSPS) is 25.1. The van der Waals surface area contributed by atoms with Crippen LogP contribution in [0.4, 0.5) is 15.4 Å². The molecule has 43 heavy (non-hydrogen) atoms. The van der Waals surface area contributed by atoms with Crippen LogP contribution in [0.1, 0.15) is 13.2 Å². The van der Waals surface area contributed by atoms with Crippen LogP contribution in [0, 0.1) is 0 Å². The lowest BCUT2D eigenvalue weighted by Crippen LogP contribution is -2.36. The highest BCUT2D eigenvalue weighted by molar-refractivity contribution is 7.69. The number of aliphatic hydroxyl groups excluding tert-OH is 1. The van der Waals surface area contributed by atoms with Gasteiger partial charge in [-0.2, -0.15) is 17.8 Å². The quantitative estimate of drug-likeness (QED) is 0.128. The first-order valence-corrected chi connectivity index (χ1v) is 16.9. The molecule has 1 aliphatic heterocycles. The van der Waals surface area contributed by atoms with E-state index in [0.717, 1.165) is 17.2 Å². The molecule has 29 heteroatoms. The molecule has 242 valence electrons. The van der Waals surface area contributed by atoms with Gasteiger partial charge < -0.3 is 49.3 Å². The fourth-order valence-electron chi connectivity index (χ4n) is 3.50. The molecule has 0 aromatic carbocycles. The summed E-state index contributed by atoms with van der Waals surface area (Å²) in [7, 11) is -23.9. The molecule has 0 radical (unpaired) electrons. The second kappa shape index (κ2) is 13.0. The van der Waals surface area contributed by atoms with Gasteiger partial charge in [-0.05, 0) is 6.92 Å². The van der Waals surface area contributed by atoms with Crippen molar-refractivity contribution in [3.63, 3.8) is 0 Å². The van der Waals surface area contributed by atoms with Crippen molar-refractivity contribution in [2.75, 3.05) is 18.1 Å². The molecule has 2 aromatic heterocycles. The number of aliphatic hydroxyl groups is 1. The minimum Gasteiger partial charge on any atom is -0.464 e. The highest BCUT2D eigenvalue weighted by atomic mass is 31.3. The average Bonchev–Trinajstić information content (AvgIpc) is 3.35. The first-order chi connectivity index (χ1) is 19.7. The van der Waals surface area contributed by atoms with Gasteiger partial charge in [0.05, 0.1) is 12.9 Å². The van der Waals surface area contributed by atoms with Gasteiger partial charge in [0.2, 0.25) is 0 Å². The zero-order valence-electron chi connectivity index (χ0n) is 20.9. The second-order valence-corrected chi connectivity index (χ2v) is 13.8. The Morgan fingerprint density at radius 1 is 0.953 bits per heavy atom. The predicted octanol–water partition coefficient (Wildman–Crippen LogP) is 0.112. The number of phosphoric ester groups is 1. The van der Waals surface area contributed by atoms with E-state index in [4.69, 9.17) is 23.8 Å². The summed E-state index contributed by atoms with van der Waals surface area (Å²) in [5.74, 6) is -0.703. The van der Waals surface area contributed by atoms with Crippen molar-refractivity contribution >= 4 is 60.5 Å². The molecule has 8 N–H and O–H groups in total. The number of rotatable bonds is 13. The number of anilines is 1. The molecule has 1 fully saturated rings. The lowest BCUT2D eigenvalue weighted by Gasteiger charge is -2.24. The summed E-state index contributed by atoms with van der Waals surface area (Å²) in [4.78, 5) is 80.0. The summed E-state index contributed by atoms with van der Waals surface area (Å²) in [6.07, 6.45) is -9.38. The Balaban J connectivity index is 1.90. The fourth-order valence-corrected chi connectivity index (χ4v) is 8.16. The molecule has 0 bridgehead atoms. The molecule has 1 aliphatic rings. The number of fused-ring (bicyclic) bond motifs is 1. The smallest absolute Gasteiger partial charge is 0.464 e. The van der Waals surface area contributed by atoms with Gasteiger partial charge >= 0.3 is 43.5 Å². The molecular weight excluding hydrogens is 682 g/mol. The fraction of sp³-hybridized carbons (Fsp3) is 0.500. The van der Waals surface area contributed by atoms with E-state index in [1.807, 2.05) is 0 Å².